The van der Waals surface area contributed by atoms with E-state index in [2.05, 4.69) is 6.92 Å². The van der Waals surface area contributed by atoms with Crippen LogP contribution in [0, 0.1) is 0 Å². The lowest BCUT2D eigenvalue weighted by molar-refractivity contribution is -0.118. The van der Waals surface area contributed by atoms with Gasteiger partial charge in [-0.15, -0.1) is 0 Å². The van der Waals surface area contributed by atoms with Gasteiger partial charge >= 0.3 is 0 Å². The highest BCUT2D eigenvalue weighted by Gasteiger charge is 2.04. The first-order valence-corrected chi connectivity index (χ1v) is 15.1. The molecule has 38 heavy (non-hydrogen) atoms. The minimum absolute atomic E-state index is 0.398. The first kappa shape index (κ1) is 37.6. The molecule has 0 heterocycles. The molecule has 1 unspecified atom stereocenters. The van der Waals surface area contributed by atoms with E-state index in [-0.39, 0.29) is 0 Å². The van der Waals surface area contributed by atoms with Crippen LogP contribution in [0.5, 0.6) is 0 Å². The highest BCUT2D eigenvalue weighted by molar-refractivity contribution is 4.49. The van der Waals surface area contributed by atoms with E-state index in [1.54, 1.807) is 0 Å². The van der Waals surface area contributed by atoms with Crippen molar-refractivity contribution < 1.29 is 43.0 Å². The second-order valence-electron chi connectivity index (χ2n) is 9.17. The fourth-order valence-electron chi connectivity index (χ4n) is 3.60. The zero-order valence-corrected chi connectivity index (χ0v) is 24.7. The highest BCUT2D eigenvalue weighted by atomic mass is 16.6. The van der Waals surface area contributed by atoms with Gasteiger partial charge in [0.05, 0.1) is 92.5 Å². The average molecular weight is 553 g/mol. The SMILES string of the molecule is CCCCCCCCCCCCC(O)OCCOCCOCCOCCOCCOCCOCCOCC. The molecular formula is C29H60O9. The van der Waals surface area contributed by atoms with E-state index in [9.17, 15) is 5.11 Å². The van der Waals surface area contributed by atoms with Crippen molar-refractivity contribution in [1.82, 2.24) is 0 Å². The van der Waals surface area contributed by atoms with Crippen LogP contribution in [0.15, 0.2) is 0 Å². The molecule has 0 saturated carbocycles. The molecular weight excluding hydrogens is 492 g/mol. The minimum atomic E-state index is -0.687. The molecule has 0 saturated heterocycles. The van der Waals surface area contributed by atoms with Gasteiger partial charge < -0.3 is 43.0 Å². The van der Waals surface area contributed by atoms with Gasteiger partial charge in [-0.1, -0.05) is 64.7 Å². The summed E-state index contributed by atoms with van der Waals surface area (Å²) >= 11 is 0. The van der Waals surface area contributed by atoms with Crippen molar-refractivity contribution in [1.29, 1.82) is 0 Å². The maximum Gasteiger partial charge on any atom is 0.154 e. The molecule has 0 aromatic rings. The molecule has 0 aliphatic rings. The average Bonchev–Trinajstić information content (AvgIpc) is 2.92. The molecule has 0 fully saturated rings. The van der Waals surface area contributed by atoms with Crippen molar-refractivity contribution in [3.8, 4) is 0 Å². The van der Waals surface area contributed by atoms with Gasteiger partial charge in [0.2, 0.25) is 0 Å². The standard InChI is InChI=1S/C29H60O9/c1-3-5-6-7-8-9-10-11-12-13-14-29(30)38-28-27-37-26-25-36-24-23-35-22-21-34-20-19-33-18-17-32-16-15-31-4-2/h29-30H,3-28H2,1-2H3. The number of hydrogen-bond donors (Lipinski definition) is 1. The van der Waals surface area contributed by atoms with Crippen molar-refractivity contribution >= 4 is 0 Å². The summed E-state index contributed by atoms with van der Waals surface area (Å²) in [6, 6.07) is 0. The van der Waals surface area contributed by atoms with Crippen molar-refractivity contribution in [2.75, 3.05) is 99.1 Å². The van der Waals surface area contributed by atoms with E-state index < -0.39 is 6.29 Å². The Balaban J connectivity index is 3.11. The lowest BCUT2D eigenvalue weighted by Crippen LogP contribution is -2.17. The smallest absolute Gasteiger partial charge is 0.154 e. The number of ether oxygens (including phenoxy) is 8. The number of aliphatic hydroxyl groups is 1. The third-order valence-corrected chi connectivity index (χ3v) is 5.78. The Bertz CT molecular complexity index is 416. The van der Waals surface area contributed by atoms with Crippen molar-refractivity contribution in [3.05, 3.63) is 0 Å². The number of rotatable bonds is 34. The first-order chi connectivity index (χ1) is 18.8. The van der Waals surface area contributed by atoms with Crippen molar-refractivity contribution in [3.63, 3.8) is 0 Å². The Morgan fingerprint density at radius 1 is 0.395 bits per heavy atom. The van der Waals surface area contributed by atoms with Gasteiger partial charge in [-0.2, -0.15) is 0 Å². The molecule has 1 N–H and O–H groups in total. The van der Waals surface area contributed by atoms with Gasteiger partial charge in [-0.3, -0.25) is 0 Å². The third-order valence-electron chi connectivity index (χ3n) is 5.78. The van der Waals surface area contributed by atoms with Crippen LogP contribution in [0.2, 0.25) is 0 Å². The van der Waals surface area contributed by atoms with Gasteiger partial charge in [-0.05, 0) is 19.8 Å². The van der Waals surface area contributed by atoms with Crippen LogP contribution < -0.4 is 0 Å². The molecule has 0 amide bonds. The minimum Gasteiger partial charge on any atom is -0.379 e. The van der Waals surface area contributed by atoms with Gasteiger partial charge in [0.15, 0.2) is 6.29 Å². The molecule has 0 radical (unpaired) electrons. The van der Waals surface area contributed by atoms with Crippen molar-refractivity contribution in [2.45, 2.75) is 90.8 Å². The van der Waals surface area contributed by atoms with E-state index in [1.165, 1.54) is 57.8 Å². The Morgan fingerprint density at radius 2 is 0.711 bits per heavy atom. The van der Waals surface area contributed by atoms with E-state index in [4.69, 9.17) is 37.9 Å². The summed E-state index contributed by atoms with van der Waals surface area (Å²) < 4.78 is 43.2. The van der Waals surface area contributed by atoms with Crippen LogP contribution in [-0.4, -0.2) is 110 Å². The molecule has 0 bridgehead atoms. The highest BCUT2D eigenvalue weighted by Crippen LogP contribution is 2.12. The third kappa shape index (κ3) is 33.7. The fraction of sp³-hybridized carbons (Fsp3) is 1.00. The maximum absolute atomic E-state index is 9.90. The summed E-state index contributed by atoms with van der Waals surface area (Å²) in [5, 5.41) is 9.90. The molecule has 0 rings (SSSR count). The monoisotopic (exact) mass is 552 g/mol. The molecule has 230 valence electrons. The first-order valence-electron chi connectivity index (χ1n) is 15.1. The van der Waals surface area contributed by atoms with E-state index in [0.717, 1.165) is 6.42 Å². The van der Waals surface area contributed by atoms with Crippen LogP contribution in [0.3, 0.4) is 0 Å². The van der Waals surface area contributed by atoms with Gasteiger partial charge in [0.1, 0.15) is 0 Å². The van der Waals surface area contributed by atoms with E-state index >= 15 is 0 Å². The summed E-state index contributed by atoms with van der Waals surface area (Å²) in [5.41, 5.74) is 0. The van der Waals surface area contributed by atoms with Crippen LogP contribution in [0.1, 0.15) is 84.5 Å². The molecule has 1 atom stereocenters. The van der Waals surface area contributed by atoms with Gasteiger partial charge in [0, 0.05) is 6.61 Å². The summed E-state index contributed by atoms with van der Waals surface area (Å²) in [5.74, 6) is 0. The largest absolute Gasteiger partial charge is 0.379 e. The fourth-order valence-corrected chi connectivity index (χ4v) is 3.60. The summed E-state index contributed by atoms with van der Waals surface area (Å²) in [6.07, 6.45) is 12.9. The number of unbranched alkanes of at least 4 members (excludes halogenated alkanes) is 9. The molecule has 0 aliphatic heterocycles. The lowest BCUT2D eigenvalue weighted by atomic mass is 10.1. The van der Waals surface area contributed by atoms with Crippen LogP contribution >= 0.6 is 0 Å². The second kappa shape index (κ2) is 34.7. The summed E-state index contributed by atoms with van der Waals surface area (Å²) in [7, 11) is 0. The van der Waals surface area contributed by atoms with Crippen molar-refractivity contribution in [2.24, 2.45) is 0 Å². The molecule has 0 aromatic heterocycles. The van der Waals surface area contributed by atoms with Gasteiger partial charge in [-0.25, -0.2) is 0 Å². The Labute approximate surface area is 233 Å². The normalized spacial score (nSPS) is 12.4. The Kier molecular flexibility index (Phi) is 34.3. The summed E-state index contributed by atoms with van der Waals surface area (Å²) in [6.45, 7) is 12.3. The number of aliphatic hydroxyl groups excluding tert-OH is 1. The van der Waals surface area contributed by atoms with Crippen LogP contribution in [-0.2, 0) is 37.9 Å². The van der Waals surface area contributed by atoms with E-state index in [1.807, 2.05) is 6.92 Å². The summed E-state index contributed by atoms with van der Waals surface area (Å²) in [4.78, 5) is 0. The van der Waals surface area contributed by atoms with E-state index in [0.29, 0.717) is 106 Å². The van der Waals surface area contributed by atoms with Gasteiger partial charge in [0.25, 0.3) is 0 Å². The maximum atomic E-state index is 9.90. The zero-order valence-electron chi connectivity index (χ0n) is 24.7. The molecule has 9 nitrogen and oxygen atoms in total. The topological polar surface area (TPSA) is 94.1 Å². The molecule has 0 aliphatic carbocycles. The Hall–Kier alpha value is -0.360. The second-order valence-corrected chi connectivity index (χ2v) is 9.17. The van der Waals surface area contributed by atoms with Crippen LogP contribution in [0.4, 0.5) is 0 Å². The predicted molar refractivity (Wildman–Crippen MR) is 150 cm³/mol. The quantitative estimate of drug-likeness (QED) is 0.0895. The molecule has 0 spiro atoms. The van der Waals surface area contributed by atoms with Crippen LogP contribution in [0.25, 0.3) is 0 Å². The predicted octanol–water partition coefficient (Wildman–Crippen LogP) is 4.77. The Morgan fingerprint density at radius 3 is 1.08 bits per heavy atom. The number of hydrogen-bond acceptors (Lipinski definition) is 9. The lowest BCUT2D eigenvalue weighted by Gasteiger charge is -2.12. The zero-order chi connectivity index (χ0) is 27.6. The molecule has 9 heteroatoms. The molecule has 0 aromatic carbocycles.